The Morgan fingerprint density at radius 2 is 2.11 bits per heavy atom. The lowest BCUT2D eigenvalue weighted by molar-refractivity contribution is -0.128. The fraction of sp³-hybridized carbons (Fsp3) is 0.600. The second kappa shape index (κ2) is 7.89. The molecule has 0 aromatic carbocycles. The number of aliphatic imine (C=N–C) groups is 1. The number of hydrogen-bond acceptors (Lipinski definition) is 3. The number of allylic oxidation sites excluding steroid dienone is 4. The number of carbonyl (C=O) groups is 1. The molecule has 1 aliphatic rings. The first kappa shape index (κ1) is 15.6. The molecule has 0 radical (unpaired) electrons. The van der Waals surface area contributed by atoms with Gasteiger partial charge in [0.1, 0.15) is 0 Å². The van der Waals surface area contributed by atoms with Gasteiger partial charge >= 0.3 is 0 Å². The Labute approximate surface area is 116 Å². The molecule has 1 aliphatic heterocycles. The first-order valence-electron chi connectivity index (χ1n) is 6.90. The molecule has 0 saturated heterocycles. The molecule has 0 N–H and O–H groups in total. The molecule has 4 heteroatoms. The third kappa shape index (κ3) is 5.39. The highest BCUT2D eigenvalue weighted by molar-refractivity contribution is 5.89. The lowest BCUT2D eigenvalue weighted by Crippen LogP contribution is -2.36. The van der Waals surface area contributed by atoms with Gasteiger partial charge in [0, 0.05) is 12.7 Å². The number of rotatable bonds is 6. The van der Waals surface area contributed by atoms with Crippen molar-refractivity contribution in [1.82, 2.24) is 9.80 Å². The van der Waals surface area contributed by atoms with E-state index >= 15 is 0 Å². The van der Waals surface area contributed by atoms with Crippen molar-refractivity contribution < 1.29 is 4.79 Å². The number of amides is 1. The van der Waals surface area contributed by atoms with E-state index in [4.69, 9.17) is 0 Å². The van der Waals surface area contributed by atoms with Crippen molar-refractivity contribution in [1.29, 1.82) is 0 Å². The van der Waals surface area contributed by atoms with Gasteiger partial charge in [-0.25, -0.2) is 0 Å². The average Bonchev–Trinajstić information content (AvgIpc) is 2.60. The summed E-state index contributed by atoms with van der Waals surface area (Å²) in [5, 5.41) is 0. The molecule has 1 heterocycles. The van der Waals surface area contributed by atoms with Crippen molar-refractivity contribution in [3.63, 3.8) is 0 Å². The lowest BCUT2D eigenvalue weighted by atomic mass is 10.3. The molecule has 0 spiro atoms. The molecule has 4 nitrogen and oxygen atoms in total. The van der Waals surface area contributed by atoms with Crippen LogP contribution in [-0.2, 0) is 4.79 Å². The van der Waals surface area contributed by atoms with Gasteiger partial charge in [-0.3, -0.25) is 14.7 Å². The fourth-order valence-electron chi connectivity index (χ4n) is 1.84. The minimum absolute atomic E-state index is 0.107. The van der Waals surface area contributed by atoms with Crippen molar-refractivity contribution in [2.75, 3.05) is 27.2 Å². The van der Waals surface area contributed by atoms with Crippen LogP contribution >= 0.6 is 0 Å². The van der Waals surface area contributed by atoms with Crippen molar-refractivity contribution in [2.45, 2.75) is 33.1 Å². The van der Waals surface area contributed by atoms with Crippen LogP contribution in [-0.4, -0.2) is 49.1 Å². The summed E-state index contributed by atoms with van der Waals surface area (Å²) in [6.07, 6.45) is 8.95. The maximum atomic E-state index is 12.2. The zero-order valence-corrected chi connectivity index (χ0v) is 12.5. The second-order valence-electron chi connectivity index (χ2n) is 5.01. The summed E-state index contributed by atoms with van der Waals surface area (Å²) < 4.78 is 0. The van der Waals surface area contributed by atoms with Gasteiger partial charge in [0.25, 0.3) is 0 Å². The standard InChI is InChI=1S/C15H25N3O/c1-5-6-10-17(3)12-15(19)18(4)14-9-7-8-13(2)16-11-14/h8-9,11H,5-7,10,12H2,1-4H3. The summed E-state index contributed by atoms with van der Waals surface area (Å²) in [4.78, 5) is 20.2. The third-order valence-corrected chi connectivity index (χ3v) is 3.20. The van der Waals surface area contributed by atoms with Gasteiger partial charge in [-0.15, -0.1) is 0 Å². The Balaban J connectivity index is 2.53. The second-order valence-corrected chi connectivity index (χ2v) is 5.01. The summed E-state index contributed by atoms with van der Waals surface area (Å²) in [7, 11) is 3.80. The molecule has 0 aromatic rings. The first-order valence-corrected chi connectivity index (χ1v) is 6.90. The minimum atomic E-state index is 0.107. The molecular weight excluding hydrogens is 238 g/mol. The van der Waals surface area contributed by atoms with Crippen LogP contribution in [0.1, 0.15) is 33.1 Å². The molecule has 0 fully saturated rings. The molecule has 0 atom stereocenters. The van der Waals surface area contributed by atoms with Crippen molar-refractivity contribution in [3.05, 3.63) is 23.5 Å². The van der Waals surface area contributed by atoms with Crippen molar-refractivity contribution in [3.8, 4) is 0 Å². The highest BCUT2D eigenvalue weighted by Gasteiger charge is 2.14. The largest absolute Gasteiger partial charge is 0.313 e. The molecule has 0 aromatic heterocycles. The van der Waals surface area contributed by atoms with Gasteiger partial charge < -0.3 is 4.90 Å². The first-order chi connectivity index (χ1) is 9.04. The van der Waals surface area contributed by atoms with E-state index in [1.54, 1.807) is 11.1 Å². The molecule has 1 rings (SSSR count). The van der Waals surface area contributed by atoms with E-state index in [2.05, 4.69) is 22.9 Å². The van der Waals surface area contributed by atoms with E-state index in [0.717, 1.165) is 37.2 Å². The topological polar surface area (TPSA) is 35.9 Å². The van der Waals surface area contributed by atoms with E-state index in [9.17, 15) is 4.79 Å². The smallest absolute Gasteiger partial charge is 0.240 e. The fourth-order valence-corrected chi connectivity index (χ4v) is 1.84. The molecule has 19 heavy (non-hydrogen) atoms. The average molecular weight is 263 g/mol. The Morgan fingerprint density at radius 1 is 1.37 bits per heavy atom. The summed E-state index contributed by atoms with van der Waals surface area (Å²) >= 11 is 0. The van der Waals surface area contributed by atoms with Gasteiger partial charge in [0.15, 0.2) is 0 Å². The zero-order valence-electron chi connectivity index (χ0n) is 12.5. The maximum Gasteiger partial charge on any atom is 0.240 e. The van der Waals surface area contributed by atoms with Gasteiger partial charge in [-0.05, 0) is 33.4 Å². The molecule has 0 bridgehead atoms. The molecule has 0 saturated carbocycles. The quantitative estimate of drug-likeness (QED) is 0.738. The van der Waals surface area contributed by atoms with Crippen LogP contribution in [0.4, 0.5) is 0 Å². The van der Waals surface area contributed by atoms with E-state index in [1.807, 2.05) is 27.1 Å². The Bertz CT molecular complexity index is 396. The van der Waals surface area contributed by atoms with Gasteiger partial charge in [0.2, 0.25) is 5.91 Å². The predicted molar refractivity (Wildman–Crippen MR) is 80.1 cm³/mol. The van der Waals surface area contributed by atoms with E-state index < -0.39 is 0 Å². The third-order valence-electron chi connectivity index (χ3n) is 3.20. The highest BCUT2D eigenvalue weighted by Crippen LogP contribution is 2.09. The number of unbranched alkanes of at least 4 members (excludes halogenated alkanes) is 1. The van der Waals surface area contributed by atoms with Crippen molar-refractivity contribution >= 4 is 12.1 Å². The summed E-state index contributed by atoms with van der Waals surface area (Å²) in [6.45, 7) is 5.54. The molecule has 106 valence electrons. The van der Waals surface area contributed by atoms with Crippen LogP contribution in [0.15, 0.2) is 28.5 Å². The number of nitrogens with zero attached hydrogens (tertiary/aromatic N) is 3. The number of carbonyl (C=O) groups excluding carboxylic acids is 1. The predicted octanol–water partition coefficient (Wildman–Crippen LogP) is 2.44. The molecular formula is C15H25N3O. The summed E-state index contributed by atoms with van der Waals surface area (Å²) in [5.41, 5.74) is 1.87. The van der Waals surface area contributed by atoms with Crippen LogP contribution < -0.4 is 0 Å². The monoisotopic (exact) mass is 263 g/mol. The Kier molecular flexibility index (Phi) is 6.50. The lowest BCUT2D eigenvalue weighted by Gasteiger charge is -2.22. The number of likely N-dealkylation sites (N-methyl/N-ethyl adjacent to an activating group) is 2. The van der Waals surface area contributed by atoms with E-state index in [1.165, 1.54) is 0 Å². The van der Waals surface area contributed by atoms with Crippen LogP contribution in [0.25, 0.3) is 0 Å². The van der Waals surface area contributed by atoms with Crippen LogP contribution in [0.3, 0.4) is 0 Å². The maximum absolute atomic E-state index is 12.2. The van der Waals surface area contributed by atoms with E-state index in [0.29, 0.717) is 6.54 Å². The Hall–Kier alpha value is -1.42. The zero-order chi connectivity index (χ0) is 14.3. The highest BCUT2D eigenvalue weighted by atomic mass is 16.2. The summed E-state index contributed by atoms with van der Waals surface area (Å²) in [5.74, 6) is 0.107. The summed E-state index contributed by atoms with van der Waals surface area (Å²) in [6, 6.07) is 0. The molecule has 0 aliphatic carbocycles. The normalized spacial score (nSPS) is 15.0. The van der Waals surface area contributed by atoms with Gasteiger partial charge in [0.05, 0.1) is 18.5 Å². The van der Waals surface area contributed by atoms with Gasteiger partial charge in [-0.1, -0.05) is 25.5 Å². The Morgan fingerprint density at radius 3 is 2.79 bits per heavy atom. The SMILES string of the molecule is CCCCN(C)CC(=O)N(C)C1=CCC=C(C)N=C1. The number of hydrogen-bond donors (Lipinski definition) is 0. The van der Waals surface area contributed by atoms with Crippen LogP contribution in [0.2, 0.25) is 0 Å². The van der Waals surface area contributed by atoms with Crippen LogP contribution in [0, 0.1) is 0 Å². The van der Waals surface area contributed by atoms with Gasteiger partial charge in [-0.2, -0.15) is 0 Å². The molecule has 0 unspecified atom stereocenters. The van der Waals surface area contributed by atoms with E-state index in [-0.39, 0.29) is 5.91 Å². The molecule has 1 amide bonds. The van der Waals surface area contributed by atoms with Crippen LogP contribution in [0.5, 0.6) is 0 Å². The van der Waals surface area contributed by atoms with Crippen molar-refractivity contribution in [2.24, 2.45) is 4.99 Å². The minimum Gasteiger partial charge on any atom is -0.313 e.